The molecular weight excluding hydrogens is 404 g/mol. The molecule has 0 aromatic carbocycles. The Morgan fingerprint density at radius 1 is 1.31 bits per heavy atom. The second-order valence-corrected chi connectivity index (χ2v) is 9.11. The van der Waals surface area contributed by atoms with Crippen molar-refractivity contribution in [2.45, 2.75) is 69.9 Å². The fourth-order valence-corrected chi connectivity index (χ4v) is 5.08. The average Bonchev–Trinajstić information content (AvgIpc) is 3.37. The zero-order chi connectivity index (χ0) is 21.9. The number of ether oxygens (including phenoxy) is 2. The lowest BCUT2D eigenvalue weighted by Gasteiger charge is -2.46. The molecule has 8 heteroatoms. The molecule has 174 valence electrons. The average molecular weight is 441 g/mol. The highest BCUT2D eigenvalue weighted by molar-refractivity contribution is 5.88. The van der Waals surface area contributed by atoms with E-state index < -0.39 is 0 Å². The van der Waals surface area contributed by atoms with Crippen LogP contribution in [0.25, 0.3) is 0 Å². The number of nitrogens with zero attached hydrogens (tertiary/aromatic N) is 2. The number of likely N-dealkylation sites (tertiary alicyclic amines) is 1. The fraction of sp³-hybridized carbons (Fsp3) is 0.625. The standard InChI is InChI=1S/C24H36N6O2/c1-3-17-12-19(32-15-18-6-4-11-31-18)13-22(28-17)30-10-7-21-20(16(30)2)14-27-24(29-21)23-25-8-5-9-26-23/h5,8,12-14,16-18,21,24,27-29H,3-4,6-7,9-11,15H2,1-2H3,(H,25,26). The maximum absolute atomic E-state index is 6.17. The number of nitrogens with one attached hydrogen (secondary N) is 4. The van der Waals surface area contributed by atoms with E-state index in [9.17, 15) is 0 Å². The lowest BCUT2D eigenvalue weighted by molar-refractivity contribution is 0.0448. The second kappa shape index (κ2) is 9.58. The molecule has 0 aliphatic carbocycles. The molecular formula is C24H36N6O2. The second-order valence-electron chi connectivity index (χ2n) is 9.11. The summed E-state index contributed by atoms with van der Waals surface area (Å²) in [5.74, 6) is 3.07. The molecule has 0 saturated carbocycles. The van der Waals surface area contributed by atoms with Gasteiger partial charge in [0.25, 0.3) is 0 Å². The molecule has 5 atom stereocenters. The van der Waals surface area contributed by atoms with Crippen molar-refractivity contribution in [2.24, 2.45) is 4.99 Å². The molecule has 8 nitrogen and oxygen atoms in total. The first-order valence-corrected chi connectivity index (χ1v) is 12.1. The van der Waals surface area contributed by atoms with Gasteiger partial charge in [0.15, 0.2) is 0 Å². The van der Waals surface area contributed by atoms with Crippen LogP contribution in [0.3, 0.4) is 0 Å². The van der Waals surface area contributed by atoms with Gasteiger partial charge in [-0.15, -0.1) is 0 Å². The van der Waals surface area contributed by atoms with Gasteiger partial charge in [0.05, 0.1) is 12.1 Å². The molecule has 0 amide bonds. The van der Waals surface area contributed by atoms with Crippen LogP contribution in [0.1, 0.15) is 39.5 Å². The minimum absolute atomic E-state index is 0.0321. The summed E-state index contributed by atoms with van der Waals surface area (Å²) in [6.07, 6.45) is 15.0. The van der Waals surface area contributed by atoms with Crippen molar-refractivity contribution in [1.82, 2.24) is 26.2 Å². The minimum Gasteiger partial charge on any atom is -0.491 e. The number of hydrogen-bond donors (Lipinski definition) is 4. The van der Waals surface area contributed by atoms with E-state index in [4.69, 9.17) is 9.47 Å². The molecule has 0 spiro atoms. The Labute approximate surface area is 190 Å². The topological polar surface area (TPSA) is 82.2 Å². The minimum atomic E-state index is 0.0321. The molecule has 4 N–H and O–H groups in total. The molecule has 5 heterocycles. The lowest BCUT2D eigenvalue weighted by atomic mass is 9.90. The number of fused-ring (bicyclic) bond motifs is 1. The third-order valence-corrected chi connectivity index (χ3v) is 6.98. The van der Waals surface area contributed by atoms with Crippen LogP contribution >= 0.6 is 0 Å². The Hall–Kier alpha value is -2.45. The van der Waals surface area contributed by atoms with E-state index in [0.717, 1.165) is 62.8 Å². The number of dihydropyridines is 1. The van der Waals surface area contributed by atoms with Crippen molar-refractivity contribution in [3.8, 4) is 0 Å². The van der Waals surface area contributed by atoms with E-state index in [2.05, 4.69) is 63.4 Å². The van der Waals surface area contributed by atoms with E-state index in [0.29, 0.717) is 12.6 Å². The summed E-state index contributed by atoms with van der Waals surface area (Å²) in [7, 11) is 0. The summed E-state index contributed by atoms with van der Waals surface area (Å²) in [6, 6.07) is 0.910. The normalized spacial score (nSPS) is 34.2. The van der Waals surface area contributed by atoms with Gasteiger partial charge >= 0.3 is 0 Å². The Morgan fingerprint density at radius 2 is 2.25 bits per heavy atom. The monoisotopic (exact) mass is 440 g/mol. The lowest BCUT2D eigenvalue weighted by Crippen LogP contribution is -2.62. The molecule has 0 aromatic heterocycles. The zero-order valence-electron chi connectivity index (χ0n) is 19.1. The highest BCUT2D eigenvalue weighted by Gasteiger charge is 2.36. The number of allylic oxidation sites excluding steroid dienone is 1. The quantitative estimate of drug-likeness (QED) is 0.500. The van der Waals surface area contributed by atoms with Crippen molar-refractivity contribution in [3.05, 3.63) is 47.8 Å². The molecule has 0 bridgehead atoms. The van der Waals surface area contributed by atoms with Crippen LogP contribution in [0, 0.1) is 0 Å². The van der Waals surface area contributed by atoms with Crippen molar-refractivity contribution in [3.63, 3.8) is 0 Å². The molecule has 5 rings (SSSR count). The Kier molecular flexibility index (Phi) is 6.41. The predicted octanol–water partition coefficient (Wildman–Crippen LogP) is 1.67. The molecule has 5 unspecified atom stereocenters. The molecule has 2 fully saturated rings. The first-order valence-electron chi connectivity index (χ1n) is 12.1. The largest absolute Gasteiger partial charge is 0.491 e. The number of piperidine rings is 1. The highest BCUT2D eigenvalue weighted by atomic mass is 16.5. The number of hydrogen-bond acceptors (Lipinski definition) is 8. The van der Waals surface area contributed by atoms with Gasteiger partial charge in [-0.05, 0) is 50.3 Å². The van der Waals surface area contributed by atoms with Crippen LogP contribution in [0.2, 0.25) is 0 Å². The van der Waals surface area contributed by atoms with Gasteiger partial charge in [0.1, 0.15) is 30.2 Å². The van der Waals surface area contributed by atoms with Gasteiger partial charge in [-0.1, -0.05) is 6.92 Å². The third kappa shape index (κ3) is 4.52. The van der Waals surface area contributed by atoms with Crippen LogP contribution < -0.4 is 21.3 Å². The first-order chi connectivity index (χ1) is 15.7. The van der Waals surface area contributed by atoms with Gasteiger partial charge in [0, 0.05) is 50.3 Å². The summed E-state index contributed by atoms with van der Waals surface area (Å²) < 4.78 is 11.9. The van der Waals surface area contributed by atoms with Crippen molar-refractivity contribution >= 4 is 5.84 Å². The molecule has 32 heavy (non-hydrogen) atoms. The molecule has 2 saturated heterocycles. The predicted molar refractivity (Wildman–Crippen MR) is 126 cm³/mol. The SMILES string of the molecule is CCC1C=C(OCC2CCCO2)C=C(N2CCC3NC(C4=NC=CCN4)NC=C3C2C)N1. The maximum atomic E-state index is 6.17. The highest BCUT2D eigenvalue weighted by Crippen LogP contribution is 2.29. The van der Waals surface area contributed by atoms with Crippen LogP contribution in [-0.2, 0) is 9.47 Å². The van der Waals surface area contributed by atoms with E-state index in [1.807, 2.05) is 12.3 Å². The molecule has 5 aliphatic rings. The van der Waals surface area contributed by atoms with Crippen molar-refractivity contribution < 1.29 is 9.47 Å². The summed E-state index contributed by atoms with van der Waals surface area (Å²) >= 11 is 0. The molecule has 0 radical (unpaired) electrons. The van der Waals surface area contributed by atoms with Gasteiger partial charge in [-0.25, -0.2) is 4.99 Å². The Morgan fingerprint density at radius 3 is 3.03 bits per heavy atom. The van der Waals surface area contributed by atoms with Crippen LogP contribution in [0.15, 0.2) is 52.8 Å². The Balaban J connectivity index is 1.27. The van der Waals surface area contributed by atoms with Crippen LogP contribution in [-0.4, -0.2) is 67.4 Å². The number of aliphatic imine (C=N–C) groups is 1. The number of amidine groups is 1. The van der Waals surface area contributed by atoms with Gasteiger partial charge < -0.3 is 30.3 Å². The summed E-state index contributed by atoms with van der Waals surface area (Å²) in [4.78, 5) is 6.95. The van der Waals surface area contributed by atoms with E-state index in [1.54, 1.807) is 0 Å². The number of rotatable bonds is 6. The zero-order valence-corrected chi connectivity index (χ0v) is 19.1. The fourth-order valence-electron chi connectivity index (χ4n) is 5.08. The van der Waals surface area contributed by atoms with E-state index >= 15 is 0 Å². The van der Waals surface area contributed by atoms with Crippen molar-refractivity contribution in [1.29, 1.82) is 0 Å². The van der Waals surface area contributed by atoms with Crippen molar-refractivity contribution in [2.75, 3.05) is 26.3 Å². The van der Waals surface area contributed by atoms with E-state index in [-0.39, 0.29) is 24.4 Å². The molecule has 0 aromatic rings. The maximum Gasteiger partial charge on any atom is 0.139 e. The summed E-state index contributed by atoms with van der Waals surface area (Å²) in [6.45, 7) is 7.80. The first kappa shape index (κ1) is 21.4. The van der Waals surface area contributed by atoms with Gasteiger partial charge in [-0.3, -0.25) is 5.32 Å². The van der Waals surface area contributed by atoms with Gasteiger partial charge in [0.2, 0.25) is 0 Å². The summed E-state index contributed by atoms with van der Waals surface area (Å²) in [5.41, 5.74) is 1.38. The van der Waals surface area contributed by atoms with Crippen LogP contribution in [0.5, 0.6) is 0 Å². The van der Waals surface area contributed by atoms with E-state index in [1.165, 1.54) is 5.57 Å². The Bertz CT molecular complexity index is 841. The molecule has 5 aliphatic heterocycles. The third-order valence-electron chi connectivity index (χ3n) is 6.98. The van der Waals surface area contributed by atoms with Gasteiger partial charge in [-0.2, -0.15) is 0 Å². The smallest absolute Gasteiger partial charge is 0.139 e. The summed E-state index contributed by atoms with van der Waals surface area (Å²) in [5, 5.41) is 14.3. The van der Waals surface area contributed by atoms with Crippen LogP contribution in [0.4, 0.5) is 0 Å².